The highest BCUT2D eigenvalue weighted by Crippen LogP contribution is 2.38. The molecule has 0 radical (unpaired) electrons. The Morgan fingerprint density at radius 1 is 0.434 bits per heavy atom. The fraction of sp³-hybridized carbons (Fsp3) is 0.878. The second kappa shape index (κ2) is 64.9. The number of carbonyl (C=O) groups is 1. The highest BCUT2D eigenvalue weighted by Gasteiger charge is 2.24. The quantitative estimate of drug-likeness (QED) is 0.0272. The summed E-state index contributed by atoms with van der Waals surface area (Å²) < 4.78 is 23.5. The Kier molecular flexibility index (Phi) is 63.7. The van der Waals surface area contributed by atoms with E-state index in [1.807, 2.05) is 21.1 Å². The molecule has 0 aromatic heterocycles. The number of aliphatic hydroxyl groups excluding tert-OH is 1. The zero-order chi connectivity index (χ0) is 60.5. The Hall–Kier alpha value is -1.54. The van der Waals surface area contributed by atoms with Crippen LogP contribution in [0, 0.1) is 0 Å². The molecule has 0 fully saturated rings. The van der Waals surface area contributed by atoms with Crippen LogP contribution in [-0.4, -0.2) is 68.5 Å². The van der Waals surface area contributed by atoms with Gasteiger partial charge in [-0.2, -0.15) is 0 Å². The zero-order valence-electron chi connectivity index (χ0n) is 56.2. The van der Waals surface area contributed by atoms with Crippen LogP contribution in [0.4, 0.5) is 0 Å². The summed E-state index contributed by atoms with van der Waals surface area (Å²) in [5.74, 6) is -0.156. The fourth-order valence-corrected chi connectivity index (χ4v) is 11.9. The normalized spacial score (nSPS) is 13.9. The standard InChI is InChI=1S/C74H143N2O6P/c1-6-8-10-12-14-16-18-20-22-24-26-28-29-30-31-32-33-34-35-36-37-38-39-40-41-42-43-44-45-46-47-48-50-52-54-56-58-60-62-64-66-68-74(78)75-72(71-82-83(79,80)81-70-69-76(3,4)5)73(77)67-65-63-61-59-57-55-53-51-49-27-25-23-21-19-17-15-13-11-9-7-2/h8,10,14,16,20,22,26,28,72-73,77H,6-7,9,11-13,15,17-19,21,23-25,27,29-71H2,1-5H3,(H-,75,78,79,80)/b10-8-,16-14-,22-20-,28-26-. The number of rotatable bonds is 68. The third kappa shape index (κ3) is 67.8. The average Bonchev–Trinajstić information content (AvgIpc) is 3.49. The zero-order valence-corrected chi connectivity index (χ0v) is 57.1. The molecular formula is C74H143N2O6P. The van der Waals surface area contributed by atoms with Gasteiger partial charge in [0.15, 0.2) is 0 Å². The molecule has 0 aliphatic carbocycles. The van der Waals surface area contributed by atoms with Crippen LogP contribution in [0.15, 0.2) is 48.6 Å². The Morgan fingerprint density at radius 2 is 0.735 bits per heavy atom. The number of unbranched alkanes of at least 4 members (excludes halogenated alkanes) is 47. The van der Waals surface area contributed by atoms with Crippen LogP contribution >= 0.6 is 7.82 Å². The number of aliphatic hydroxyl groups is 1. The van der Waals surface area contributed by atoms with Crippen molar-refractivity contribution in [2.75, 3.05) is 40.9 Å². The number of amides is 1. The van der Waals surface area contributed by atoms with E-state index in [4.69, 9.17) is 9.05 Å². The summed E-state index contributed by atoms with van der Waals surface area (Å²) in [7, 11) is 1.32. The lowest BCUT2D eigenvalue weighted by Gasteiger charge is -2.30. The van der Waals surface area contributed by atoms with Crippen molar-refractivity contribution in [1.82, 2.24) is 5.32 Å². The number of hydrogen-bond acceptors (Lipinski definition) is 6. The molecule has 3 unspecified atom stereocenters. The van der Waals surface area contributed by atoms with Crippen molar-refractivity contribution in [2.24, 2.45) is 0 Å². The van der Waals surface area contributed by atoms with Crippen LogP contribution in [0.25, 0.3) is 0 Å². The molecule has 0 saturated carbocycles. The first-order chi connectivity index (χ1) is 40.5. The van der Waals surface area contributed by atoms with Crippen molar-refractivity contribution < 1.29 is 32.9 Å². The summed E-state index contributed by atoms with van der Waals surface area (Å²) in [6, 6.07) is -0.799. The first kappa shape index (κ1) is 81.5. The van der Waals surface area contributed by atoms with Crippen molar-refractivity contribution in [1.29, 1.82) is 0 Å². The van der Waals surface area contributed by atoms with E-state index < -0.39 is 20.0 Å². The number of quaternary nitrogens is 1. The van der Waals surface area contributed by atoms with Gasteiger partial charge >= 0.3 is 0 Å². The summed E-state index contributed by atoms with van der Waals surface area (Å²) in [5.41, 5.74) is 0. The predicted molar refractivity (Wildman–Crippen MR) is 362 cm³/mol. The molecule has 8 nitrogen and oxygen atoms in total. The Balaban J connectivity index is 3.87. The summed E-state index contributed by atoms with van der Waals surface area (Å²) in [5, 5.41) is 14.1. The van der Waals surface area contributed by atoms with Gasteiger partial charge in [0.25, 0.3) is 7.82 Å². The predicted octanol–water partition coefficient (Wildman–Crippen LogP) is 22.8. The van der Waals surface area contributed by atoms with Gasteiger partial charge in [0.05, 0.1) is 39.9 Å². The summed E-state index contributed by atoms with van der Waals surface area (Å²) in [6.45, 7) is 4.66. The van der Waals surface area contributed by atoms with Crippen molar-refractivity contribution in [3.05, 3.63) is 48.6 Å². The molecule has 0 aliphatic heterocycles. The number of nitrogens with zero attached hydrogens (tertiary/aromatic N) is 1. The number of carbonyl (C=O) groups excluding carboxylic acids is 1. The van der Waals surface area contributed by atoms with Gasteiger partial charge in [-0.15, -0.1) is 0 Å². The molecule has 0 aliphatic rings. The molecule has 0 aromatic carbocycles. The second-order valence-corrected chi connectivity index (χ2v) is 27.7. The monoisotopic (exact) mass is 1190 g/mol. The minimum Gasteiger partial charge on any atom is -0.756 e. The number of hydrogen-bond donors (Lipinski definition) is 2. The number of phosphoric acid groups is 1. The molecule has 0 saturated heterocycles. The van der Waals surface area contributed by atoms with Gasteiger partial charge in [-0.25, -0.2) is 0 Å². The third-order valence-electron chi connectivity index (χ3n) is 16.8. The van der Waals surface area contributed by atoms with Gasteiger partial charge in [0.1, 0.15) is 13.2 Å². The summed E-state index contributed by atoms with van der Waals surface area (Å²) >= 11 is 0. The lowest BCUT2D eigenvalue weighted by atomic mass is 10.0. The molecule has 0 heterocycles. The molecule has 1 amide bonds. The van der Waals surface area contributed by atoms with E-state index in [1.165, 1.54) is 276 Å². The maximum Gasteiger partial charge on any atom is 0.268 e. The van der Waals surface area contributed by atoms with Crippen molar-refractivity contribution in [2.45, 2.75) is 379 Å². The van der Waals surface area contributed by atoms with Crippen molar-refractivity contribution in [3.8, 4) is 0 Å². The molecule has 9 heteroatoms. The molecular weight excluding hydrogens is 1040 g/mol. The molecule has 83 heavy (non-hydrogen) atoms. The molecule has 490 valence electrons. The van der Waals surface area contributed by atoms with E-state index in [2.05, 4.69) is 67.8 Å². The highest BCUT2D eigenvalue weighted by molar-refractivity contribution is 7.45. The maximum absolute atomic E-state index is 13.1. The number of phosphoric ester groups is 1. The first-order valence-electron chi connectivity index (χ1n) is 36.5. The molecule has 0 rings (SSSR count). The summed E-state index contributed by atoms with van der Waals surface area (Å²) in [4.78, 5) is 25.7. The average molecular weight is 1190 g/mol. The number of likely N-dealkylation sites (N-methyl/N-ethyl adjacent to an activating group) is 1. The largest absolute Gasteiger partial charge is 0.756 e. The van der Waals surface area contributed by atoms with Crippen LogP contribution in [0.5, 0.6) is 0 Å². The topological polar surface area (TPSA) is 108 Å². The van der Waals surface area contributed by atoms with Crippen LogP contribution in [0.1, 0.15) is 367 Å². The lowest BCUT2D eigenvalue weighted by Crippen LogP contribution is -2.46. The van der Waals surface area contributed by atoms with Gasteiger partial charge in [0, 0.05) is 6.42 Å². The van der Waals surface area contributed by atoms with Crippen molar-refractivity contribution >= 4 is 13.7 Å². The van der Waals surface area contributed by atoms with Crippen LogP contribution < -0.4 is 10.2 Å². The van der Waals surface area contributed by atoms with Gasteiger partial charge < -0.3 is 28.8 Å². The first-order valence-corrected chi connectivity index (χ1v) is 37.9. The van der Waals surface area contributed by atoms with Crippen LogP contribution in [-0.2, 0) is 18.4 Å². The SMILES string of the molecule is CC/C=C\C/C=C\C/C=C\C/C=C\CCCCCCCCCCCCCCCCCCCCCCCCCCCCCCC(=O)NC(COP(=O)([O-])OCC[N+](C)(C)C)C(O)CCCCCCCCCCCCCCCCCCCCCC. The van der Waals surface area contributed by atoms with E-state index >= 15 is 0 Å². The molecule has 0 aromatic rings. The second-order valence-electron chi connectivity index (χ2n) is 26.3. The van der Waals surface area contributed by atoms with Gasteiger partial charge in [-0.1, -0.05) is 358 Å². The highest BCUT2D eigenvalue weighted by atomic mass is 31.2. The van der Waals surface area contributed by atoms with Gasteiger partial charge in [-0.05, 0) is 51.4 Å². The fourth-order valence-electron chi connectivity index (χ4n) is 11.2. The van der Waals surface area contributed by atoms with Crippen molar-refractivity contribution in [3.63, 3.8) is 0 Å². The lowest BCUT2D eigenvalue weighted by molar-refractivity contribution is -0.870. The number of nitrogens with one attached hydrogen (secondary N) is 1. The molecule has 3 atom stereocenters. The minimum atomic E-state index is -4.58. The maximum atomic E-state index is 13.1. The number of allylic oxidation sites excluding steroid dienone is 8. The Morgan fingerprint density at radius 3 is 1.07 bits per heavy atom. The third-order valence-corrected chi connectivity index (χ3v) is 17.8. The molecule has 2 N–H and O–H groups in total. The Bertz CT molecular complexity index is 1490. The van der Waals surface area contributed by atoms with E-state index in [0.717, 1.165) is 64.2 Å². The van der Waals surface area contributed by atoms with E-state index in [0.29, 0.717) is 23.9 Å². The van der Waals surface area contributed by atoms with Gasteiger partial charge in [0.2, 0.25) is 5.91 Å². The minimum absolute atomic E-state index is 0.0148. The Labute approximate surface area is 518 Å². The van der Waals surface area contributed by atoms with Crippen LogP contribution in [0.2, 0.25) is 0 Å². The summed E-state index contributed by atoms with van der Waals surface area (Å²) in [6.07, 6.45) is 87.8. The van der Waals surface area contributed by atoms with Crippen LogP contribution in [0.3, 0.4) is 0 Å². The van der Waals surface area contributed by atoms with E-state index in [1.54, 1.807) is 0 Å². The smallest absolute Gasteiger partial charge is 0.268 e. The van der Waals surface area contributed by atoms with Gasteiger partial charge in [-0.3, -0.25) is 9.36 Å². The molecule has 0 bridgehead atoms. The van der Waals surface area contributed by atoms with E-state index in [-0.39, 0.29) is 19.1 Å². The van der Waals surface area contributed by atoms with E-state index in [9.17, 15) is 19.4 Å². The molecule has 0 spiro atoms.